The summed E-state index contributed by atoms with van der Waals surface area (Å²) in [5, 5.41) is 43.6. The maximum Gasteiger partial charge on any atom is 0.337 e. The molecule has 13 heteroatoms. The molecule has 2 aliphatic rings. The maximum absolute atomic E-state index is 14.2. The zero-order chi connectivity index (χ0) is 34.0. The predicted molar refractivity (Wildman–Crippen MR) is 173 cm³/mol. The van der Waals surface area contributed by atoms with Crippen LogP contribution in [0.25, 0.3) is 33.7 Å². The molecular formula is C34H20Br2O11. The van der Waals surface area contributed by atoms with Crippen LogP contribution in [0.5, 0.6) is 0 Å². The van der Waals surface area contributed by atoms with E-state index in [9.17, 15) is 49.2 Å². The van der Waals surface area contributed by atoms with Gasteiger partial charge in [-0.1, -0.05) is 68.3 Å². The van der Waals surface area contributed by atoms with Gasteiger partial charge in [-0.15, -0.1) is 0 Å². The van der Waals surface area contributed by atoms with E-state index in [1.165, 1.54) is 36.4 Å². The van der Waals surface area contributed by atoms with Gasteiger partial charge < -0.3 is 25.2 Å². The number of halogens is 2. The Kier molecular flexibility index (Phi) is 7.64. The highest BCUT2D eigenvalue weighted by Gasteiger charge is 2.64. The minimum atomic E-state index is -3.08. The second-order valence-electron chi connectivity index (χ2n) is 11.1. The fourth-order valence-electron chi connectivity index (χ4n) is 6.48. The average molecular weight is 764 g/mol. The Hall–Kier alpha value is -5.14. The molecule has 0 spiro atoms. The standard InChI is InChI=1S/C34H20Br2O11/c35-21-5-1-15-13-25-17(9-19(15)11-21)3-7-23(27(37)38)33(25,29(41)42)31(45)47-32(46)34(30(43)44)24(28(39)40)8-4-18-10-20-12-22(36)6-2-16(20)14-26(18)34/h1-14,23-24H,(H,37,38)(H,39,40)(H,41,42)(H,43,44). The zero-order valence-electron chi connectivity index (χ0n) is 23.6. The molecule has 0 radical (unpaired) electrons. The maximum atomic E-state index is 14.2. The lowest BCUT2D eigenvalue weighted by Gasteiger charge is -2.38. The third kappa shape index (κ3) is 4.68. The second-order valence-corrected chi connectivity index (χ2v) is 12.9. The molecule has 11 nitrogen and oxygen atoms in total. The number of esters is 2. The number of ether oxygens (including phenoxy) is 1. The number of hydrogen-bond donors (Lipinski definition) is 4. The van der Waals surface area contributed by atoms with Crippen LogP contribution in [0.2, 0.25) is 0 Å². The van der Waals surface area contributed by atoms with Crippen molar-refractivity contribution in [3.05, 3.63) is 104 Å². The minimum Gasteiger partial charge on any atom is -0.481 e. The average Bonchev–Trinajstić information content (AvgIpc) is 3.00. The van der Waals surface area contributed by atoms with Gasteiger partial charge in [0.25, 0.3) is 0 Å². The van der Waals surface area contributed by atoms with Crippen LogP contribution >= 0.6 is 31.9 Å². The topological polar surface area (TPSA) is 193 Å². The SMILES string of the molecule is O=C(O)C1C=Cc2cc3cc(Br)ccc3cc2C1(C(=O)O)C(=O)OC(=O)C1(C(=O)O)c2cc3ccc(Br)cc3cc2C=CC1C(=O)O. The van der Waals surface area contributed by atoms with E-state index in [1.807, 2.05) is 0 Å². The van der Waals surface area contributed by atoms with Crippen LogP contribution in [0.3, 0.4) is 0 Å². The Balaban J connectivity index is 1.56. The van der Waals surface area contributed by atoms with Crippen LogP contribution in [0.4, 0.5) is 0 Å². The van der Waals surface area contributed by atoms with Crippen molar-refractivity contribution in [1.29, 1.82) is 0 Å². The number of carbonyl (C=O) groups is 6. The van der Waals surface area contributed by atoms with Gasteiger partial charge in [0.15, 0.2) is 0 Å². The quantitative estimate of drug-likeness (QED) is 0.145. The Morgan fingerprint density at radius 1 is 0.553 bits per heavy atom. The molecule has 0 bridgehead atoms. The van der Waals surface area contributed by atoms with E-state index in [-0.39, 0.29) is 22.3 Å². The number of fused-ring (bicyclic) bond motifs is 4. The molecule has 47 heavy (non-hydrogen) atoms. The lowest BCUT2D eigenvalue weighted by molar-refractivity contribution is -0.181. The van der Waals surface area contributed by atoms with E-state index in [2.05, 4.69) is 31.9 Å². The molecule has 4 unspecified atom stereocenters. The van der Waals surface area contributed by atoms with Gasteiger partial charge in [-0.2, -0.15) is 0 Å². The van der Waals surface area contributed by atoms with Gasteiger partial charge in [0.1, 0.15) is 11.8 Å². The fraction of sp³-hybridized carbons (Fsp3) is 0.118. The van der Waals surface area contributed by atoms with Gasteiger partial charge in [0, 0.05) is 8.95 Å². The van der Waals surface area contributed by atoms with E-state index in [1.54, 1.807) is 36.4 Å². The van der Waals surface area contributed by atoms with Crippen LogP contribution in [-0.2, 0) is 44.3 Å². The molecule has 6 rings (SSSR count). The summed E-state index contributed by atoms with van der Waals surface area (Å²) in [6, 6.07) is 15.6. The molecule has 0 aliphatic heterocycles. The number of aliphatic carboxylic acids is 4. The first kappa shape index (κ1) is 31.8. The number of rotatable bonds is 6. The molecule has 0 amide bonds. The summed E-state index contributed by atoms with van der Waals surface area (Å²) in [6.45, 7) is 0. The van der Waals surface area contributed by atoms with Crippen molar-refractivity contribution in [2.75, 3.05) is 0 Å². The molecular weight excluding hydrogens is 744 g/mol. The van der Waals surface area contributed by atoms with E-state index in [0.29, 0.717) is 30.5 Å². The third-order valence-electron chi connectivity index (χ3n) is 8.70. The zero-order valence-corrected chi connectivity index (χ0v) is 26.8. The first-order valence-electron chi connectivity index (χ1n) is 13.8. The molecule has 0 saturated heterocycles. The van der Waals surface area contributed by atoms with Crippen molar-refractivity contribution in [3.8, 4) is 0 Å². The normalized spacial score (nSPS) is 22.7. The van der Waals surface area contributed by atoms with E-state index in [4.69, 9.17) is 4.74 Å². The Labute approximate surface area is 281 Å². The van der Waals surface area contributed by atoms with Crippen LogP contribution in [0.15, 0.2) is 81.8 Å². The van der Waals surface area contributed by atoms with Gasteiger partial charge in [0.2, 0.25) is 10.8 Å². The highest BCUT2D eigenvalue weighted by Crippen LogP contribution is 2.47. The first-order valence-corrected chi connectivity index (χ1v) is 15.3. The molecule has 4 N–H and O–H groups in total. The Morgan fingerprint density at radius 2 is 0.936 bits per heavy atom. The lowest BCUT2D eigenvalue weighted by Crippen LogP contribution is -2.58. The number of hydrogen-bond acceptors (Lipinski definition) is 7. The van der Waals surface area contributed by atoms with E-state index in [0.717, 1.165) is 12.2 Å². The van der Waals surface area contributed by atoms with Crippen molar-refractivity contribution in [1.82, 2.24) is 0 Å². The number of carboxylic acid groups (broad SMARTS) is 4. The third-order valence-corrected chi connectivity index (χ3v) is 9.68. The summed E-state index contributed by atoms with van der Waals surface area (Å²) in [5.74, 6) is -15.4. The smallest absolute Gasteiger partial charge is 0.337 e. The molecule has 0 fully saturated rings. The largest absolute Gasteiger partial charge is 0.481 e. The van der Waals surface area contributed by atoms with Crippen molar-refractivity contribution < 1.29 is 53.9 Å². The monoisotopic (exact) mass is 762 g/mol. The van der Waals surface area contributed by atoms with Crippen molar-refractivity contribution in [2.24, 2.45) is 11.8 Å². The van der Waals surface area contributed by atoms with Gasteiger partial charge in [-0.05, 0) is 92.3 Å². The summed E-state index contributed by atoms with van der Waals surface area (Å²) in [4.78, 5) is 79.7. The molecule has 236 valence electrons. The molecule has 2 aliphatic carbocycles. The van der Waals surface area contributed by atoms with Crippen LogP contribution in [0, 0.1) is 11.8 Å². The van der Waals surface area contributed by atoms with Crippen molar-refractivity contribution in [2.45, 2.75) is 10.8 Å². The summed E-state index contributed by atoms with van der Waals surface area (Å²) < 4.78 is 6.53. The molecule has 4 aromatic carbocycles. The minimum absolute atomic E-state index is 0.139. The van der Waals surface area contributed by atoms with E-state index < -0.39 is 58.5 Å². The Bertz CT molecular complexity index is 2030. The number of carbonyl (C=O) groups excluding carboxylic acids is 2. The Morgan fingerprint density at radius 3 is 1.28 bits per heavy atom. The van der Waals surface area contributed by atoms with Gasteiger partial charge in [-0.3, -0.25) is 19.2 Å². The van der Waals surface area contributed by atoms with Crippen molar-refractivity contribution in [3.63, 3.8) is 0 Å². The van der Waals surface area contributed by atoms with Crippen LogP contribution < -0.4 is 0 Å². The lowest BCUT2D eigenvalue weighted by atomic mass is 9.64. The first-order chi connectivity index (χ1) is 22.2. The molecule has 0 saturated carbocycles. The molecule has 0 heterocycles. The summed E-state index contributed by atoms with van der Waals surface area (Å²) in [6.07, 6.45) is 4.61. The molecule has 4 atom stereocenters. The number of benzene rings is 4. The van der Waals surface area contributed by atoms with Gasteiger partial charge in [0.05, 0.1) is 0 Å². The van der Waals surface area contributed by atoms with Crippen molar-refractivity contribution >= 4 is 101 Å². The van der Waals surface area contributed by atoms with E-state index >= 15 is 0 Å². The van der Waals surface area contributed by atoms with Gasteiger partial charge >= 0.3 is 35.8 Å². The second kappa shape index (κ2) is 11.3. The van der Waals surface area contributed by atoms with Crippen LogP contribution in [0.1, 0.15) is 22.3 Å². The summed E-state index contributed by atoms with van der Waals surface area (Å²) in [5.41, 5.74) is -6.50. The predicted octanol–water partition coefficient (Wildman–Crippen LogP) is 5.39. The molecule has 0 aromatic heterocycles. The molecule has 4 aromatic rings. The fourth-order valence-corrected chi connectivity index (χ4v) is 7.24. The number of carboxylic acids is 4. The summed E-state index contributed by atoms with van der Waals surface area (Å²) >= 11 is 6.70. The summed E-state index contributed by atoms with van der Waals surface area (Å²) in [7, 11) is 0. The van der Waals surface area contributed by atoms with Gasteiger partial charge in [-0.25, -0.2) is 9.59 Å². The highest BCUT2D eigenvalue weighted by atomic mass is 79.9. The highest BCUT2D eigenvalue weighted by molar-refractivity contribution is 9.10. The van der Waals surface area contributed by atoms with Crippen LogP contribution in [-0.4, -0.2) is 56.2 Å².